The van der Waals surface area contributed by atoms with Gasteiger partial charge in [0.1, 0.15) is 5.82 Å². The van der Waals surface area contributed by atoms with E-state index in [1.807, 2.05) is 18.2 Å². The summed E-state index contributed by atoms with van der Waals surface area (Å²) in [5.41, 5.74) is 1.86. The Bertz CT molecular complexity index is 705. The number of anilines is 1. The first-order valence-corrected chi connectivity index (χ1v) is 8.54. The van der Waals surface area contributed by atoms with Gasteiger partial charge in [0.05, 0.1) is 0 Å². The van der Waals surface area contributed by atoms with Gasteiger partial charge in [-0.25, -0.2) is 9.18 Å². The number of likely N-dealkylation sites (tertiary alicyclic amines) is 1. The number of hydrogen-bond acceptors (Lipinski definition) is 2. The lowest BCUT2D eigenvalue weighted by Crippen LogP contribution is -2.49. The molecule has 1 fully saturated rings. The highest BCUT2D eigenvalue weighted by Crippen LogP contribution is 2.33. The van der Waals surface area contributed by atoms with Crippen molar-refractivity contribution < 1.29 is 14.3 Å². The molecule has 0 spiro atoms. The van der Waals surface area contributed by atoms with Crippen LogP contribution in [0.2, 0.25) is 0 Å². The van der Waals surface area contributed by atoms with Gasteiger partial charge in [-0.2, -0.15) is 0 Å². The Morgan fingerprint density at radius 3 is 2.52 bits per heavy atom. The average Bonchev–Trinajstić information content (AvgIpc) is 2.67. The number of benzene rings is 2. The molecule has 2 aromatic rings. The smallest absolute Gasteiger partial charge is 0.324 e. The highest BCUT2D eigenvalue weighted by molar-refractivity contribution is 5.91. The number of aliphatic hydroxyl groups excluding tert-OH is 1. The SMILES string of the molecule is CN(C(=O)N1CC[C@@H](c2ccccc2)[C@@H](CO)C1)c1ccc(F)cc1. The molecule has 2 aromatic carbocycles. The minimum absolute atomic E-state index is 0.0155. The Morgan fingerprint density at radius 1 is 1.20 bits per heavy atom. The van der Waals surface area contributed by atoms with E-state index in [9.17, 15) is 14.3 Å². The molecule has 1 heterocycles. The van der Waals surface area contributed by atoms with E-state index in [1.165, 1.54) is 22.6 Å². The second kappa shape index (κ2) is 7.66. The van der Waals surface area contributed by atoms with Crippen molar-refractivity contribution >= 4 is 11.7 Å². The second-order valence-electron chi connectivity index (χ2n) is 6.51. The maximum absolute atomic E-state index is 13.1. The Morgan fingerprint density at radius 2 is 1.88 bits per heavy atom. The molecule has 0 radical (unpaired) electrons. The number of carbonyl (C=O) groups is 1. The van der Waals surface area contributed by atoms with Crippen LogP contribution < -0.4 is 4.90 Å². The molecule has 25 heavy (non-hydrogen) atoms. The zero-order valence-corrected chi connectivity index (χ0v) is 14.3. The Kier molecular flexibility index (Phi) is 5.34. The van der Waals surface area contributed by atoms with Crippen LogP contribution in [0.25, 0.3) is 0 Å². The highest BCUT2D eigenvalue weighted by Gasteiger charge is 2.33. The Labute approximate surface area is 147 Å². The summed E-state index contributed by atoms with van der Waals surface area (Å²) in [5, 5.41) is 9.82. The third kappa shape index (κ3) is 3.82. The quantitative estimate of drug-likeness (QED) is 0.928. The Balaban J connectivity index is 1.70. The highest BCUT2D eigenvalue weighted by atomic mass is 19.1. The van der Waals surface area contributed by atoms with Crippen molar-refractivity contribution in [2.75, 3.05) is 31.6 Å². The molecular weight excluding hydrogens is 319 g/mol. The van der Waals surface area contributed by atoms with Crippen molar-refractivity contribution in [2.45, 2.75) is 12.3 Å². The van der Waals surface area contributed by atoms with Gasteiger partial charge >= 0.3 is 6.03 Å². The molecule has 4 nitrogen and oxygen atoms in total. The van der Waals surface area contributed by atoms with Crippen LogP contribution in [0.1, 0.15) is 17.9 Å². The van der Waals surface area contributed by atoms with E-state index >= 15 is 0 Å². The summed E-state index contributed by atoms with van der Waals surface area (Å²) in [6.07, 6.45) is 0.818. The molecule has 1 aliphatic heterocycles. The summed E-state index contributed by atoms with van der Waals surface area (Å²) < 4.78 is 13.1. The number of carbonyl (C=O) groups excluding carboxylic acids is 1. The molecule has 1 N–H and O–H groups in total. The van der Waals surface area contributed by atoms with Crippen LogP contribution in [0.15, 0.2) is 54.6 Å². The predicted octanol–water partition coefficient (Wildman–Crippen LogP) is 3.48. The number of rotatable bonds is 3. The van der Waals surface area contributed by atoms with Crippen LogP contribution in [-0.4, -0.2) is 42.8 Å². The van der Waals surface area contributed by atoms with Crippen molar-refractivity contribution in [2.24, 2.45) is 5.92 Å². The average molecular weight is 342 g/mol. The fraction of sp³-hybridized carbons (Fsp3) is 0.350. The monoisotopic (exact) mass is 342 g/mol. The van der Waals surface area contributed by atoms with E-state index in [-0.39, 0.29) is 30.3 Å². The fourth-order valence-electron chi connectivity index (χ4n) is 3.52. The van der Waals surface area contributed by atoms with Crippen molar-refractivity contribution in [1.82, 2.24) is 4.90 Å². The number of urea groups is 1. The van der Waals surface area contributed by atoms with E-state index in [2.05, 4.69) is 12.1 Å². The third-order valence-corrected chi connectivity index (χ3v) is 4.97. The van der Waals surface area contributed by atoms with E-state index in [4.69, 9.17) is 0 Å². The van der Waals surface area contributed by atoms with Crippen molar-refractivity contribution in [3.05, 3.63) is 66.0 Å². The first kappa shape index (κ1) is 17.4. The lowest BCUT2D eigenvalue weighted by molar-refractivity contribution is 0.117. The van der Waals surface area contributed by atoms with Crippen molar-refractivity contribution in [1.29, 1.82) is 0 Å². The number of aliphatic hydroxyl groups is 1. The van der Waals surface area contributed by atoms with Crippen LogP contribution in [0, 0.1) is 11.7 Å². The normalized spacial score (nSPS) is 20.4. The van der Waals surface area contributed by atoms with Gasteiger partial charge < -0.3 is 10.0 Å². The van der Waals surface area contributed by atoms with Gasteiger partial charge in [-0.3, -0.25) is 4.90 Å². The lowest BCUT2D eigenvalue weighted by atomic mass is 9.81. The van der Waals surface area contributed by atoms with Crippen LogP contribution in [-0.2, 0) is 0 Å². The van der Waals surface area contributed by atoms with Gasteiger partial charge in [0.2, 0.25) is 0 Å². The van der Waals surface area contributed by atoms with Gasteiger partial charge in [-0.05, 0) is 42.2 Å². The summed E-state index contributed by atoms with van der Waals surface area (Å²) in [4.78, 5) is 16.1. The first-order valence-electron chi connectivity index (χ1n) is 8.54. The van der Waals surface area contributed by atoms with Crippen molar-refractivity contribution in [3.63, 3.8) is 0 Å². The molecule has 1 aliphatic rings. The van der Waals surface area contributed by atoms with Crippen LogP contribution in [0.3, 0.4) is 0 Å². The largest absolute Gasteiger partial charge is 0.396 e. The van der Waals surface area contributed by atoms with Gasteiger partial charge in [-0.15, -0.1) is 0 Å². The minimum Gasteiger partial charge on any atom is -0.396 e. The van der Waals surface area contributed by atoms with E-state index in [0.717, 1.165) is 6.42 Å². The zero-order chi connectivity index (χ0) is 17.8. The fourth-order valence-corrected chi connectivity index (χ4v) is 3.52. The summed E-state index contributed by atoms with van der Waals surface area (Å²) in [6.45, 7) is 1.20. The maximum Gasteiger partial charge on any atom is 0.324 e. The van der Waals surface area contributed by atoms with Crippen LogP contribution in [0.5, 0.6) is 0 Å². The summed E-state index contributed by atoms with van der Waals surface area (Å²) in [5.74, 6) is -0.0540. The van der Waals surface area contributed by atoms with Gasteiger partial charge in [0, 0.05) is 38.3 Å². The molecule has 0 bridgehead atoms. The number of hydrogen-bond donors (Lipinski definition) is 1. The van der Waals surface area contributed by atoms with Gasteiger partial charge in [0.25, 0.3) is 0 Å². The zero-order valence-electron chi connectivity index (χ0n) is 14.3. The summed E-state index contributed by atoms with van der Waals surface area (Å²) in [6, 6.07) is 15.9. The lowest BCUT2D eigenvalue weighted by Gasteiger charge is -2.39. The van der Waals surface area contributed by atoms with E-state index in [1.54, 1.807) is 24.1 Å². The maximum atomic E-state index is 13.1. The van der Waals surface area contributed by atoms with Crippen molar-refractivity contribution in [3.8, 4) is 0 Å². The molecule has 3 rings (SSSR count). The molecule has 0 saturated carbocycles. The molecule has 2 atom stereocenters. The molecule has 0 aromatic heterocycles. The third-order valence-electron chi connectivity index (χ3n) is 4.97. The number of piperidine rings is 1. The number of halogens is 1. The molecule has 132 valence electrons. The topological polar surface area (TPSA) is 43.8 Å². The molecule has 5 heteroatoms. The second-order valence-corrected chi connectivity index (χ2v) is 6.51. The summed E-state index contributed by atoms with van der Waals surface area (Å²) in [7, 11) is 1.69. The van der Waals surface area contributed by atoms with E-state index < -0.39 is 0 Å². The molecule has 2 amide bonds. The first-order chi connectivity index (χ1) is 12.1. The van der Waals surface area contributed by atoms with E-state index in [0.29, 0.717) is 18.8 Å². The molecular formula is C20H23FN2O2. The molecule has 0 unspecified atom stereocenters. The molecule has 1 saturated heterocycles. The van der Waals surface area contributed by atoms with Crippen LogP contribution >= 0.6 is 0 Å². The van der Waals surface area contributed by atoms with Crippen LogP contribution in [0.4, 0.5) is 14.9 Å². The predicted molar refractivity (Wildman–Crippen MR) is 96.1 cm³/mol. The number of amides is 2. The minimum atomic E-state index is -0.325. The Hall–Kier alpha value is -2.40. The molecule has 0 aliphatic carbocycles. The number of nitrogens with zero attached hydrogens (tertiary/aromatic N) is 2. The van der Waals surface area contributed by atoms with Gasteiger partial charge in [-0.1, -0.05) is 30.3 Å². The van der Waals surface area contributed by atoms with Gasteiger partial charge in [0.15, 0.2) is 0 Å². The standard InChI is InChI=1S/C20H23FN2O2/c1-22(18-9-7-17(21)8-10-18)20(25)23-12-11-19(16(13-23)14-24)15-5-3-2-4-6-15/h2-10,16,19,24H,11-14H2,1H3/t16-,19+/m1/s1. The summed E-state index contributed by atoms with van der Waals surface area (Å²) >= 11 is 0.